The molecule has 0 fully saturated rings. The standard InChI is InChI=1S/C14H21NO2/c1-4-5-9-15-10-12-7-6-8-13(11(12)2)14(16)17-3/h6-8,15H,4-5,9-10H2,1-3H3. The van der Waals surface area contributed by atoms with Crippen molar-refractivity contribution in [3.05, 3.63) is 34.9 Å². The molecule has 0 saturated heterocycles. The second-order valence-electron chi connectivity index (χ2n) is 4.11. The molecule has 0 spiro atoms. The molecular formula is C14H21NO2. The van der Waals surface area contributed by atoms with Gasteiger partial charge in [0.05, 0.1) is 12.7 Å². The number of ether oxygens (including phenoxy) is 1. The maximum atomic E-state index is 11.5. The number of methoxy groups -OCH3 is 1. The quantitative estimate of drug-likeness (QED) is 0.608. The van der Waals surface area contributed by atoms with Crippen LogP contribution in [0.3, 0.4) is 0 Å². The van der Waals surface area contributed by atoms with Crippen LogP contribution in [0.1, 0.15) is 41.3 Å². The molecule has 17 heavy (non-hydrogen) atoms. The summed E-state index contributed by atoms with van der Waals surface area (Å²) < 4.78 is 4.76. The van der Waals surface area contributed by atoms with E-state index >= 15 is 0 Å². The maximum absolute atomic E-state index is 11.5. The number of carbonyl (C=O) groups excluding carboxylic acids is 1. The molecule has 94 valence electrons. The molecular weight excluding hydrogens is 214 g/mol. The molecule has 0 aromatic heterocycles. The van der Waals surface area contributed by atoms with Crippen LogP contribution in [0.25, 0.3) is 0 Å². The lowest BCUT2D eigenvalue weighted by Gasteiger charge is -2.10. The van der Waals surface area contributed by atoms with E-state index in [0.717, 1.165) is 24.2 Å². The van der Waals surface area contributed by atoms with Crippen molar-refractivity contribution < 1.29 is 9.53 Å². The Balaban J connectivity index is 2.70. The van der Waals surface area contributed by atoms with Gasteiger partial charge in [-0.1, -0.05) is 25.5 Å². The Morgan fingerprint density at radius 2 is 2.18 bits per heavy atom. The Morgan fingerprint density at radius 1 is 1.41 bits per heavy atom. The van der Waals surface area contributed by atoms with Crippen molar-refractivity contribution in [3.8, 4) is 0 Å². The lowest BCUT2D eigenvalue weighted by molar-refractivity contribution is 0.0600. The van der Waals surface area contributed by atoms with Gasteiger partial charge in [-0.15, -0.1) is 0 Å². The van der Waals surface area contributed by atoms with Crippen molar-refractivity contribution in [2.75, 3.05) is 13.7 Å². The fraction of sp³-hybridized carbons (Fsp3) is 0.500. The average molecular weight is 235 g/mol. The maximum Gasteiger partial charge on any atom is 0.338 e. The van der Waals surface area contributed by atoms with Crippen molar-refractivity contribution in [1.82, 2.24) is 5.32 Å². The minimum atomic E-state index is -0.266. The number of unbranched alkanes of at least 4 members (excludes halogenated alkanes) is 1. The highest BCUT2D eigenvalue weighted by Gasteiger charge is 2.10. The van der Waals surface area contributed by atoms with Gasteiger partial charge in [-0.3, -0.25) is 0 Å². The van der Waals surface area contributed by atoms with Crippen molar-refractivity contribution in [2.45, 2.75) is 33.2 Å². The minimum Gasteiger partial charge on any atom is -0.465 e. The molecule has 1 aromatic carbocycles. The highest BCUT2D eigenvalue weighted by atomic mass is 16.5. The highest BCUT2D eigenvalue weighted by molar-refractivity contribution is 5.91. The van der Waals surface area contributed by atoms with Crippen LogP contribution in [-0.4, -0.2) is 19.6 Å². The van der Waals surface area contributed by atoms with Crippen LogP contribution in [0.15, 0.2) is 18.2 Å². The molecule has 0 radical (unpaired) electrons. The zero-order valence-electron chi connectivity index (χ0n) is 10.9. The van der Waals surface area contributed by atoms with E-state index in [1.54, 1.807) is 6.07 Å². The molecule has 1 aromatic rings. The zero-order valence-corrected chi connectivity index (χ0v) is 10.9. The predicted molar refractivity (Wildman–Crippen MR) is 69.1 cm³/mol. The van der Waals surface area contributed by atoms with E-state index in [1.807, 2.05) is 19.1 Å². The van der Waals surface area contributed by atoms with Gasteiger partial charge >= 0.3 is 5.97 Å². The van der Waals surface area contributed by atoms with E-state index in [0.29, 0.717) is 5.56 Å². The highest BCUT2D eigenvalue weighted by Crippen LogP contribution is 2.14. The van der Waals surface area contributed by atoms with Crippen LogP contribution >= 0.6 is 0 Å². The number of rotatable bonds is 6. The number of carbonyl (C=O) groups is 1. The summed E-state index contributed by atoms with van der Waals surface area (Å²) in [5, 5.41) is 3.38. The van der Waals surface area contributed by atoms with Crippen LogP contribution in [0.2, 0.25) is 0 Å². The first kappa shape index (κ1) is 13.7. The van der Waals surface area contributed by atoms with Gasteiger partial charge in [-0.05, 0) is 37.1 Å². The number of nitrogens with one attached hydrogen (secondary N) is 1. The van der Waals surface area contributed by atoms with E-state index < -0.39 is 0 Å². The third-order valence-corrected chi connectivity index (χ3v) is 2.87. The predicted octanol–water partition coefficient (Wildman–Crippen LogP) is 2.67. The fourth-order valence-corrected chi connectivity index (χ4v) is 1.73. The Bertz CT molecular complexity index is 374. The van der Waals surface area contributed by atoms with Gasteiger partial charge in [0.25, 0.3) is 0 Å². The molecule has 3 heteroatoms. The minimum absolute atomic E-state index is 0.266. The Labute approximate surface area is 103 Å². The van der Waals surface area contributed by atoms with Crippen LogP contribution in [-0.2, 0) is 11.3 Å². The first-order valence-electron chi connectivity index (χ1n) is 6.08. The summed E-state index contributed by atoms with van der Waals surface area (Å²) in [5.74, 6) is -0.266. The molecule has 3 nitrogen and oxygen atoms in total. The van der Waals surface area contributed by atoms with E-state index in [1.165, 1.54) is 20.0 Å². The number of hydrogen-bond donors (Lipinski definition) is 1. The summed E-state index contributed by atoms with van der Waals surface area (Å²) in [5.41, 5.74) is 2.81. The lowest BCUT2D eigenvalue weighted by atomic mass is 10.0. The van der Waals surface area contributed by atoms with Gasteiger partial charge in [0.2, 0.25) is 0 Å². The van der Waals surface area contributed by atoms with Crippen molar-refractivity contribution in [1.29, 1.82) is 0 Å². The van der Waals surface area contributed by atoms with Crippen LogP contribution in [0.4, 0.5) is 0 Å². The monoisotopic (exact) mass is 235 g/mol. The number of esters is 1. The van der Waals surface area contributed by atoms with Gasteiger partial charge in [0.15, 0.2) is 0 Å². The van der Waals surface area contributed by atoms with Crippen LogP contribution in [0, 0.1) is 6.92 Å². The first-order chi connectivity index (χ1) is 8.20. The first-order valence-corrected chi connectivity index (χ1v) is 6.08. The molecule has 0 saturated carbocycles. The second-order valence-corrected chi connectivity index (χ2v) is 4.11. The summed E-state index contributed by atoms with van der Waals surface area (Å²) in [7, 11) is 1.41. The zero-order chi connectivity index (χ0) is 12.7. The second kappa shape index (κ2) is 7.07. The van der Waals surface area contributed by atoms with Crippen molar-refractivity contribution in [3.63, 3.8) is 0 Å². The van der Waals surface area contributed by atoms with Gasteiger partial charge < -0.3 is 10.1 Å². The molecule has 0 heterocycles. The number of hydrogen-bond acceptors (Lipinski definition) is 3. The van der Waals surface area contributed by atoms with Gasteiger partial charge in [0, 0.05) is 6.54 Å². The van der Waals surface area contributed by atoms with E-state index in [-0.39, 0.29) is 5.97 Å². The molecule has 0 unspecified atom stereocenters. The third-order valence-electron chi connectivity index (χ3n) is 2.87. The fourth-order valence-electron chi connectivity index (χ4n) is 1.73. The summed E-state index contributed by atoms with van der Waals surface area (Å²) in [6.07, 6.45) is 2.37. The molecule has 0 bridgehead atoms. The van der Waals surface area contributed by atoms with Crippen LogP contribution < -0.4 is 5.32 Å². The molecule has 1 N–H and O–H groups in total. The Hall–Kier alpha value is -1.35. The molecule has 0 atom stereocenters. The molecule has 0 amide bonds. The smallest absolute Gasteiger partial charge is 0.338 e. The largest absolute Gasteiger partial charge is 0.465 e. The summed E-state index contributed by atoms with van der Waals surface area (Å²) in [6, 6.07) is 5.74. The summed E-state index contributed by atoms with van der Waals surface area (Å²) in [4.78, 5) is 11.5. The SMILES string of the molecule is CCCCNCc1cccc(C(=O)OC)c1C. The Kier molecular flexibility index (Phi) is 5.70. The van der Waals surface area contributed by atoms with Crippen molar-refractivity contribution in [2.24, 2.45) is 0 Å². The van der Waals surface area contributed by atoms with Crippen molar-refractivity contribution >= 4 is 5.97 Å². The Morgan fingerprint density at radius 3 is 2.82 bits per heavy atom. The van der Waals surface area contributed by atoms with Gasteiger partial charge in [-0.2, -0.15) is 0 Å². The topological polar surface area (TPSA) is 38.3 Å². The average Bonchev–Trinajstić information content (AvgIpc) is 2.35. The molecule has 1 rings (SSSR count). The van der Waals surface area contributed by atoms with Crippen LogP contribution in [0.5, 0.6) is 0 Å². The molecule has 0 aliphatic rings. The normalized spacial score (nSPS) is 10.3. The van der Waals surface area contributed by atoms with E-state index in [4.69, 9.17) is 4.74 Å². The van der Waals surface area contributed by atoms with Gasteiger partial charge in [0.1, 0.15) is 0 Å². The van der Waals surface area contributed by atoms with E-state index in [2.05, 4.69) is 12.2 Å². The third kappa shape index (κ3) is 3.86. The van der Waals surface area contributed by atoms with E-state index in [9.17, 15) is 4.79 Å². The summed E-state index contributed by atoms with van der Waals surface area (Å²) in [6.45, 7) is 5.95. The summed E-state index contributed by atoms with van der Waals surface area (Å²) >= 11 is 0. The molecule has 0 aliphatic carbocycles. The van der Waals surface area contributed by atoms with Gasteiger partial charge in [-0.25, -0.2) is 4.79 Å². The lowest BCUT2D eigenvalue weighted by Crippen LogP contribution is -2.16. The molecule has 0 aliphatic heterocycles. The number of benzene rings is 1.